The first-order chi connectivity index (χ1) is 11.4. The lowest BCUT2D eigenvalue weighted by molar-refractivity contribution is 0.154. The molecule has 1 unspecified atom stereocenters. The highest BCUT2D eigenvalue weighted by molar-refractivity contribution is 5.80. The number of anilines is 1. The summed E-state index contributed by atoms with van der Waals surface area (Å²) in [5.41, 5.74) is 1.07. The molecule has 0 bridgehead atoms. The molecule has 4 rings (SSSR count). The van der Waals surface area contributed by atoms with Gasteiger partial charge in [-0.2, -0.15) is 0 Å². The lowest BCUT2D eigenvalue weighted by Gasteiger charge is -2.33. The van der Waals surface area contributed by atoms with Crippen molar-refractivity contribution in [3.8, 4) is 0 Å². The van der Waals surface area contributed by atoms with Crippen molar-refractivity contribution in [2.75, 3.05) is 38.2 Å². The normalized spacial score (nSPS) is 23.4. The minimum atomic E-state index is 0.541. The number of benzene rings is 1. The number of pyridine rings is 1. The highest BCUT2D eigenvalue weighted by atomic mass is 16.5. The van der Waals surface area contributed by atoms with Crippen LogP contribution >= 0.6 is 0 Å². The van der Waals surface area contributed by atoms with Crippen molar-refractivity contribution in [2.24, 2.45) is 5.92 Å². The molecule has 0 saturated carbocycles. The van der Waals surface area contributed by atoms with Crippen molar-refractivity contribution in [1.82, 2.24) is 9.88 Å². The van der Waals surface area contributed by atoms with Crippen LogP contribution in [0.2, 0.25) is 0 Å². The van der Waals surface area contributed by atoms with Gasteiger partial charge in [-0.05, 0) is 43.4 Å². The Kier molecular flexibility index (Phi) is 4.44. The van der Waals surface area contributed by atoms with Gasteiger partial charge >= 0.3 is 0 Å². The second-order valence-corrected chi connectivity index (χ2v) is 6.84. The molecular weight excluding hydrogens is 286 g/mol. The molecular formula is C19H25N3O. The minimum Gasteiger partial charge on any atom is -0.381 e. The van der Waals surface area contributed by atoms with E-state index in [0.29, 0.717) is 6.04 Å². The van der Waals surface area contributed by atoms with Crippen molar-refractivity contribution in [3.05, 3.63) is 36.4 Å². The van der Waals surface area contributed by atoms with E-state index in [1.807, 2.05) is 6.07 Å². The van der Waals surface area contributed by atoms with Crippen LogP contribution in [-0.2, 0) is 4.74 Å². The lowest BCUT2D eigenvalue weighted by atomic mass is 10.0. The molecule has 0 amide bonds. The van der Waals surface area contributed by atoms with Gasteiger partial charge < -0.3 is 15.0 Å². The zero-order valence-corrected chi connectivity index (χ0v) is 13.6. The van der Waals surface area contributed by atoms with Crippen molar-refractivity contribution in [2.45, 2.75) is 25.3 Å². The van der Waals surface area contributed by atoms with Gasteiger partial charge in [-0.25, -0.2) is 4.98 Å². The first-order valence-electron chi connectivity index (χ1n) is 8.79. The minimum absolute atomic E-state index is 0.541. The van der Waals surface area contributed by atoms with Crippen LogP contribution < -0.4 is 5.32 Å². The molecule has 2 aliphatic heterocycles. The molecule has 2 aliphatic rings. The second kappa shape index (κ2) is 6.85. The fourth-order valence-corrected chi connectivity index (χ4v) is 3.71. The number of nitrogens with zero attached hydrogens (tertiary/aromatic N) is 2. The van der Waals surface area contributed by atoms with Gasteiger partial charge in [-0.15, -0.1) is 0 Å². The third-order valence-electron chi connectivity index (χ3n) is 5.08. The van der Waals surface area contributed by atoms with Crippen LogP contribution in [0.5, 0.6) is 0 Å². The average molecular weight is 311 g/mol. The van der Waals surface area contributed by atoms with Gasteiger partial charge in [0, 0.05) is 37.7 Å². The van der Waals surface area contributed by atoms with E-state index in [2.05, 4.69) is 40.5 Å². The Bertz CT molecular complexity index is 646. The maximum Gasteiger partial charge on any atom is 0.126 e. The zero-order chi connectivity index (χ0) is 15.5. The molecule has 3 heterocycles. The van der Waals surface area contributed by atoms with Crippen molar-refractivity contribution >= 4 is 16.7 Å². The molecule has 122 valence electrons. The quantitative estimate of drug-likeness (QED) is 0.941. The summed E-state index contributed by atoms with van der Waals surface area (Å²) >= 11 is 0. The SMILES string of the molecule is c1ccc2nc(NC3CCN(CC4CCOC4)CC3)ccc2c1. The molecule has 0 radical (unpaired) electrons. The topological polar surface area (TPSA) is 37.4 Å². The third-order valence-corrected chi connectivity index (χ3v) is 5.08. The van der Waals surface area contributed by atoms with Crippen LogP contribution in [0.25, 0.3) is 10.9 Å². The molecule has 0 aliphatic carbocycles. The van der Waals surface area contributed by atoms with Gasteiger partial charge in [0.05, 0.1) is 12.1 Å². The average Bonchev–Trinajstić information content (AvgIpc) is 3.10. The van der Waals surface area contributed by atoms with Gasteiger partial charge in [0.25, 0.3) is 0 Å². The third kappa shape index (κ3) is 3.65. The molecule has 1 N–H and O–H groups in total. The van der Waals surface area contributed by atoms with Crippen molar-refractivity contribution in [3.63, 3.8) is 0 Å². The molecule has 2 saturated heterocycles. The first-order valence-corrected chi connectivity index (χ1v) is 8.79. The number of hydrogen-bond acceptors (Lipinski definition) is 4. The molecule has 1 aromatic carbocycles. The Morgan fingerprint density at radius 2 is 1.96 bits per heavy atom. The van der Waals surface area contributed by atoms with E-state index in [4.69, 9.17) is 9.72 Å². The van der Waals surface area contributed by atoms with Gasteiger partial charge in [-0.1, -0.05) is 18.2 Å². The number of ether oxygens (including phenoxy) is 1. The summed E-state index contributed by atoms with van der Waals surface area (Å²) in [6, 6.07) is 13.1. The van der Waals surface area contributed by atoms with E-state index < -0.39 is 0 Å². The number of piperidine rings is 1. The highest BCUT2D eigenvalue weighted by Crippen LogP contribution is 2.21. The number of nitrogens with one attached hydrogen (secondary N) is 1. The molecule has 2 fully saturated rings. The van der Waals surface area contributed by atoms with Crippen LogP contribution in [0.1, 0.15) is 19.3 Å². The maximum absolute atomic E-state index is 5.49. The molecule has 1 aromatic heterocycles. The van der Waals surface area contributed by atoms with Crippen LogP contribution in [0.4, 0.5) is 5.82 Å². The van der Waals surface area contributed by atoms with E-state index >= 15 is 0 Å². The fourth-order valence-electron chi connectivity index (χ4n) is 3.71. The van der Waals surface area contributed by atoms with Crippen LogP contribution in [0, 0.1) is 5.92 Å². The standard InChI is InChI=1S/C19H25N3O/c1-2-4-18-16(3-1)5-6-19(21-18)20-17-7-10-22(11-8-17)13-15-9-12-23-14-15/h1-6,15,17H,7-14H2,(H,20,21). The smallest absolute Gasteiger partial charge is 0.126 e. The molecule has 0 spiro atoms. The van der Waals surface area contributed by atoms with E-state index in [0.717, 1.165) is 30.5 Å². The Morgan fingerprint density at radius 3 is 2.78 bits per heavy atom. The summed E-state index contributed by atoms with van der Waals surface area (Å²) < 4.78 is 5.49. The number of rotatable bonds is 4. The molecule has 2 aromatic rings. The van der Waals surface area contributed by atoms with Crippen molar-refractivity contribution in [1.29, 1.82) is 0 Å². The number of fused-ring (bicyclic) bond motifs is 1. The lowest BCUT2D eigenvalue weighted by Crippen LogP contribution is -2.41. The Hall–Kier alpha value is -1.65. The molecule has 4 heteroatoms. The monoisotopic (exact) mass is 311 g/mol. The Balaban J connectivity index is 1.31. The summed E-state index contributed by atoms with van der Waals surface area (Å²) in [5.74, 6) is 1.76. The molecule has 1 atom stereocenters. The molecule has 4 nitrogen and oxygen atoms in total. The van der Waals surface area contributed by atoms with Crippen molar-refractivity contribution < 1.29 is 4.74 Å². The summed E-state index contributed by atoms with van der Waals surface area (Å²) in [6.45, 7) is 5.49. The number of likely N-dealkylation sites (tertiary alicyclic amines) is 1. The fraction of sp³-hybridized carbons (Fsp3) is 0.526. The largest absolute Gasteiger partial charge is 0.381 e. The van der Waals surface area contributed by atoms with Crippen LogP contribution in [0.15, 0.2) is 36.4 Å². The predicted molar refractivity (Wildman–Crippen MR) is 93.8 cm³/mol. The first kappa shape index (κ1) is 14.9. The van der Waals surface area contributed by atoms with E-state index in [-0.39, 0.29) is 0 Å². The maximum atomic E-state index is 5.49. The van der Waals surface area contributed by atoms with Gasteiger partial charge in [0.15, 0.2) is 0 Å². The number of para-hydroxylation sites is 1. The van der Waals surface area contributed by atoms with E-state index in [1.54, 1.807) is 0 Å². The van der Waals surface area contributed by atoms with Crippen LogP contribution in [0.3, 0.4) is 0 Å². The summed E-state index contributed by atoms with van der Waals surface area (Å²) in [4.78, 5) is 7.33. The van der Waals surface area contributed by atoms with E-state index in [1.165, 1.54) is 44.3 Å². The molecule has 23 heavy (non-hydrogen) atoms. The number of aromatic nitrogens is 1. The highest BCUT2D eigenvalue weighted by Gasteiger charge is 2.23. The number of hydrogen-bond donors (Lipinski definition) is 1. The second-order valence-electron chi connectivity index (χ2n) is 6.84. The van der Waals surface area contributed by atoms with Gasteiger partial charge in [0.1, 0.15) is 5.82 Å². The van der Waals surface area contributed by atoms with E-state index in [9.17, 15) is 0 Å². The zero-order valence-electron chi connectivity index (χ0n) is 13.6. The van der Waals surface area contributed by atoms with Gasteiger partial charge in [0.2, 0.25) is 0 Å². The predicted octanol–water partition coefficient (Wildman–Crippen LogP) is 3.15. The summed E-state index contributed by atoms with van der Waals surface area (Å²) in [6.07, 6.45) is 3.63. The summed E-state index contributed by atoms with van der Waals surface area (Å²) in [7, 11) is 0. The van der Waals surface area contributed by atoms with Gasteiger partial charge in [-0.3, -0.25) is 0 Å². The Morgan fingerprint density at radius 1 is 1.09 bits per heavy atom. The van der Waals surface area contributed by atoms with Crippen LogP contribution in [-0.4, -0.2) is 48.8 Å². The Labute approximate surface area is 137 Å². The summed E-state index contributed by atoms with van der Waals surface area (Å²) in [5, 5.41) is 4.83.